The Morgan fingerprint density at radius 2 is 0.960 bits per heavy atom. The minimum absolute atomic E-state index is 0.787. The Morgan fingerprint density at radius 1 is 0.540 bits per heavy atom. The Labute approximate surface area is 315 Å². The Hall–Kier alpha value is -3.08. The van der Waals surface area contributed by atoms with Crippen LogP contribution in [-0.4, -0.2) is 9.13 Å². The zero-order chi connectivity index (χ0) is 34.2. The summed E-state index contributed by atoms with van der Waals surface area (Å²) in [6.45, 7) is 4.62. The van der Waals surface area contributed by atoms with E-state index in [1.165, 1.54) is 155 Å². The number of rotatable bonds is 11. The van der Waals surface area contributed by atoms with Gasteiger partial charge in [-0.15, -0.1) is 0 Å². The maximum absolute atomic E-state index is 3.77. The van der Waals surface area contributed by atoms with E-state index in [-0.39, 0.29) is 0 Å². The summed E-state index contributed by atoms with van der Waals surface area (Å²) in [5.74, 6) is 1.57. The smallest absolute Gasteiger partial charge is 0.0535 e. The van der Waals surface area contributed by atoms with Crippen LogP contribution in [0, 0.1) is 11.8 Å². The molecule has 50 heavy (non-hydrogen) atoms. The average molecular weight is 791 g/mol. The quantitative estimate of drug-likeness (QED) is 0.116. The predicted molar refractivity (Wildman–Crippen MR) is 220 cm³/mol. The van der Waals surface area contributed by atoms with Crippen molar-refractivity contribution in [1.82, 2.24) is 9.13 Å². The average Bonchev–Trinajstić information content (AvgIpc) is 3.63. The number of aromatic nitrogens is 2. The summed E-state index contributed by atoms with van der Waals surface area (Å²) in [6, 6.07) is 32.4. The number of aryl methyl sites for hydroxylation is 2. The van der Waals surface area contributed by atoms with E-state index in [0.29, 0.717) is 0 Å². The minimum atomic E-state index is 0.787. The maximum atomic E-state index is 3.77. The van der Waals surface area contributed by atoms with Crippen LogP contribution in [0.4, 0.5) is 0 Å². The van der Waals surface area contributed by atoms with Crippen molar-refractivity contribution in [2.24, 2.45) is 11.8 Å². The highest BCUT2D eigenvalue weighted by Gasteiger charge is 2.28. The first-order chi connectivity index (χ1) is 24.5. The second-order valence-electron chi connectivity index (χ2n) is 15.1. The summed E-state index contributed by atoms with van der Waals surface area (Å²) in [5.41, 5.74) is 14.0. The fraction of sp³-hybridized carbons (Fsp3) is 0.391. The van der Waals surface area contributed by atoms with Crippen LogP contribution < -0.4 is 0 Å². The van der Waals surface area contributed by atoms with Crippen molar-refractivity contribution in [1.29, 1.82) is 0 Å². The molecule has 2 atom stereocenters. The monoisotopic (exact) mass is 788 g/mol. The molecule has 2 heterocycles. The van der Waals surface area contributed by atoms with Gasteiger partial charge in [0, 0.05) is 42.5 Å². The van der Waals surface area contributed by atoms with E-state index in [1.807, 2.05) is 0 Å². The Morgan fingerprint density at radius 3 is 1.36 bits per heavy atom. The molecule has 2 aliphatic carbocycles. The third-order valence-electron chi connectivity index (χ3n) is 11.9. The van der Waals surface area contributed by atoms with Crippen LogP contribution in [0.1, 0.15) is 101 Å². The van der Waals surface area contributed by atoms with E-state index >= 15 is 0 Å². The third kappa shape index (κ3) is 6.56. The summed E-state index contributed by atoms with van der Waals surface area (Å²) < 4.78 is 7.48. The second kappa shape index (κ2) is 14.9. The molecule has 2 nitrogen and oxygen atoms in total. The van der Waals surface area contributed by atoms with Gasteiger partial charge in [-0.05, 0) is 133 Å². The topological polar surface area (TPSA) is 9.86 Å². The van der Waals surface area contributed by atoms with E-state index in [4.69, 9.17) is 0 Å². The van der Waals surface area contributed by atoms with Gasteiger partial charge in [0.15, 0.2) is 0 Å². The van der Waals surface area contributed by atoms with Crippen LogP contribution in [0.25, 0.3) is 44.3 Å². The number of unbranched alkanes of at least 4 members (excludes halogenated alkanes) is 4. The van der Waals surface area contributed by atoms with Crippen molar-refractivity contribution in [2.45, 2.75) is 104 Å². The highest BCUT2D eigenvalue weighted by molar-refractivity contribution is 9.10. The number of fused-ring (bicyclic) bond motifs is 6. The van der Waals surface area contributed by atoms with Gasteiger partial charge in [-0.2, -0.15) is 0 Å². The third-order valence-corrected chi connectivity index (χ3v) is 12.9. The van der Waals surface area contributed by atoms with Crippen LogP contribution in [0.2, 0.25) is 0 Å². The molecule has 0 saturated carbocycles. The number of nitrogens with zero attached hydrogens (tertiary/aromatic N) is 2. The first kappa shape index (κ1) is 34.0. The number of benzene rings is 4. The van der Waals surface area contributed by atoms with Crippen molar-refractivity contribution in [3.05, 3.63) is 116 Å². The molecule has 6 aromatic rings. The molecule has 8 rings (SSSR count). The van der Waals surface area contributed by atoms with E-state index in [1.54, 1.807) is 11.1 Å². The highest BCUT2D eigenvalue weighted by Crippen LogP contribution is 2.41. The van der Waals surface area contributed by atoms with Gasteiger partial charge in [-0.1, -0.05) is 121 Å². The lowest BCUT2D eigenvalue weighted by atomic mass is 9.83. The molecule has 2 aromatic heterocycles. The molecule has 4 aromatic carbocycles. The molecule has 0 saturated heterocycles. The lowest BCUT2D eigenvalue weighted by molar-refractivity contribution is 0.403. The van der Waals surface area contributed by atoms with Crippen LogP contribution >= 0.6 is 31.9 Å². The normalized spacial score (nSPS) is 17.4. The molecule has 0 aliphatic heterocycles. The van der Waals surface area contributed by atoms with Gasteiger partial charge in [-0.25, -0.2) is 0 Å². The van der Waals surface area contributed by atoms with Gasteiger partial charge in [0.1, 0.15) is 0 Å². The zero-order valence-electron chi connectivity index (χ0n) is 29.8. The van der Waals surface area contributed by atoms with E-state index in [0.717, 1.165) is 11.8 Å². The minimum Gasteiger partial charge on any atom is -0.313 e. The van der Waals surface area contributed by atoms with Crippen molar-refractivity contribution in [3.8, 4) is 22.5 Å². The Bertz CT molecular complexity index is 1960. The summed E-state index contributed by atoms with van der Waals surface area (Å²) in [6.07, 6.45) is 18.1. The lowest BCUT2D eigenvalue weighted by Gasteiger charge is -2.25. The predicted octanol–water partition coefficient (Wildman–Crippen LogP) is 14.1. The molecule has 0 N–H and O–H groups in total. The molecular weight excluding hydrogens is 740 g/mol. The summed E-state index contributed by atoms with van der Waals surface area (Å²) in [4.78, 5) is 0. The van der Waals surface area contributed by atoms with Gasteiger partial charge >= 0.3 is 0 Å². The van der Waals surface area contributed by atoms with Gasteiger partial charge in [0.2, 0.25) is 0 Å². The summed E-state index contributed by atoms with van der Waals surface area (Å²) in [7, 11) is 0. The fourth-order valence-corrected chi connectivity index (χ4v) is 9.97. The Kier molecular flexibility index (Phi) is 10.1. The van der Waals surface area contributed by atoms with Crippen molar-refractivity contribution < 1.29 is 0 Å². The van der Waals surface area contributed by atoms with Crippen molar-refractivity contribution in [2.75, 3.05) is 0 Å². The fourth-order valence-electron chi connectivity index (χ4n) is 9.25. The van der Waals surface area contributed by atoms with Crippen LogP contribution in [0.3, 0.4) is 0 Å². The van der Waals surface area contributed by atoms with Crippen LogP contribution in [0.15, 0.2) is 93.9 Å². The Balaban J connectivity index is 1.10. The standard InChI is InChI=1S/C46H50Br2N2/c1-3-5-7-9-31-11-23-39-41-29-35(47)17-25-43(41)49(45(39)27-31)37-19-13-33(14-20-37)34-15-21-38(22-16-34)50-44-26-18-36(48)30-42(44)40-24-12-32(28-46(40)50)10-8-6-4-2/h13-22,25-26,29-32H,3-12,23-24,27-28H2,1-2H3. The second-order valence-corrected chi connectivity index (χ2v) is 17.0. The molecule has 2 aliphatic rings. The SMILES string of the molecule is CCCCCC1CCc2c(n(-c3ccc(-c4ccc(-n5c6c(c7cc(Br)ccc75)CCC(CCCCC)C6)cc4)cc3)c3ccc(Br)cc23)C1. The van der Waals surface area contributed by atoms with Gasteiger partial charge in [0.05, 0.1) is 11.0 Å². The summed E-state index contributed by atoms with van der Waals surface area (Å²) >= 11 is 7.53. The largest absolute Gasteiger partial charge is 0.313 e. The van der Waals surface area contributed by atoms with E-state index < -0.39 is 0 Å². The van der Waals surface area contributed by atoms with E-state index in [9.17, 15) is 0 Å². The molecule has 0 fully saturated rings. The molecule has 0 amide bonds. The highest BCUT2D eigenvalue weighted by atomic mass is 79.9. The number of halogens is 2. The number of hydrogen-bond acceptors (Lipinski definition) is 0. The molecule has 0 radical (unpaired) electrons. The van der Waals surface area contributed by atoms with Crippen molar-refractivity contribution in [3.63, 3.8) is 0 Å². The lowest BCUT2D eigenvalue weighted by Crippen LogP contribution is -2.16. The van der Waals surface area contributed by atoms with Crippen LogP contribution in [-0.2, 0) is 25.7 Å². The molecule has 0 spiro atoms. The van der Waals surface area contributed by atoms with Gasteiger partial charge < -0.3 is 9.13 Å². The maximum Gasteiger partial charge on any atom is 0.0535 e. The first-order valence-corrected chi connectivity index (χ1v) is 21.0. The number of hydrogen-bond donors (Lipinski definition) is 0. The van der Waals surface area contributed by atoms with Crippen LogP contribution in [0.5, 0.6) is 0 Å². The van der Waals surface area contributed by atoms with Crippen molar-refractivity contribution >= 4 is 53.7 Å². The van der Waals surface area contributed by atoms with E-state index in [2.05, 4.69) is 140 Å². The first-order valence-electron chi connectivity index (χ1n) is 19.4. The zero-order valence-corrected chi connectivity index (χ0v) is 33.0. The van der Waals surface area contributed by atoms with Gasteiger partial charge in [-0.3, -0.25) is 0 Å². The molecule has 0 bridgehead atoms. The van der Waals surface area contributed by atoms with Gasteiger partial charge in [0.25, 0.3) is 0 Å². The molecule has 258 valence electrons. The molecule has 4 heteroatoms. The summed E-state index contributed by atoms with van der Waals surface area (Å²) in [5, 5.41) is 2.83. The molecular formula is C46H50Br2N2. The molecule has 2 unspecified atom stereocenters.